The van der Waals surface area contributed by atoms with Crippen LogP contribution >= 0.6 is 0 Å². The van der Waals surface area contributed by atoms with Crippen molar-refractivity contribution >= 4 is 5.97 Å². The normalized spacial score (nSPS) is 12.9. The standard InChI is InChI=1S/C16H14NO2/c17-9-16(18)19-10-15-13-7-3-1-5-11(13)12-6-2-4-8-14(12)15/h1-9,15H,10,17H2. The minimum Gasteiger partial charge on any atom is -0.463 e. The van der Waals surface area contributed by atoms with Crippen molar-refractivity contribution in [1.82, 2.24) is 0 Å². The number of hydrogen-bond acceptors (Lipinski definition) is 3. The second-order valence-electron chi connectivity index (χ2n) is 4.52. The lowest BCUT2D eigenvalue weighted by Crippen LogP contribution is -2.15. The predicted octanol–water partition coefficient (Wildman–Crippen LogP) is 2.46. The van der Waals surface area contributed by atoms with E-state index in [9.17, 15) is 4.79 Å². The Morgan fingerprint density at radius 1 is 1.05 bits per heavy atom. The van der Waals surface area contributed by atoms with Crippen LogP contribution in [-0.4, -0.2) is 12.6 Å². The van der Waals surface area contributed by atoms with E-state index >= 15 is 0 Å². The van der Waals surface area contributed by atoms with E-state index in [1.807, 2.05) is 24.3 Å². The Balaban J connectivity index is 1.98. The summed E-state index contributed by atoms with van der Waals surface area (Å²) in [6.07, 6.45) is 0. The molecule has 1 aliphatic carbocycles. The average Bonchev–Trinajstić information content (AvgIpc) is 2.79. The Hall–Kier alpha value is -2.13. The first-order valence-electron chi connectivity index (χ1n) is 6.21. The lowest BCUT2D eigenvalue weighted by molar-refractivity contribution is -0.139. The zero-order chi connectivity index (χ0) is 13.2. The molecule has 0 saturated carbocycles. The molecule has 0 aliphatic heterocycles. The molecule has 0 heterocycles. The quantitative estimate of drug-likeness (QED) is 0.854. The minimum atomic E-state index is -0.484. The SMILES string of the molecule is N[CH]C(=O)OCC1c2ccccc2-c2ccccc21. The van der Waals surface area contributed by atoms with E-state index in [4.69, 9.17) is 10.5 Å². The lowest BCUT2D eigenvalue weighted by atomic mass is 9.98. The van der Waals surface area contributed by atoms with Crippen molar-refractivity contribution in [2.75, 3.05) is 6.61 Å². The summed E-state index contributed by atoms with van der Waals surface area (Å²) in [4.78, 5) is 11.2. The molecule has 3 rings (SSSR count). The van der Waals surface area contributed by atoms with Crippen molar-refractivity contribution in [1.29, 1.82) is 0 Å². The predicted molar refractivity (Wildman–Crippen MR) is 73.2 cm³/mol. The van der Waals surface area contributed by atoms with Gasteiger partial charge in [0.15, 0.2) is 0 Å². The summed E-state index contributed by atoms with van der Waals surface area (Å²) in [5.74, 6) is -0.391. The third-order valence-electron chi connectivity index (χ3n) is 3.49. The van der Waals surface area contributed by atoms with Crippen LogP contribution < -0.4 is 5.73 Å². The number of carbonyl (C=O) groups excluding carboxylic acids is 1. The largest absolute Gasteiger partial charge is 0.463 e. The van der Waals surface area contributed by atoms with Gasteiger partial charge in [0.05, 0.1) is 0 Å². The fourth-order valence-corrected chi connectivity index (χ4v) is 2.65. The monoisotopic (exact) mass is 252 g/mol. The van der Waals surface area contributed by atoms with Crippen molar-refractivity contribution < 1.29 is 9.53 Å². The smallest absolute Gasteiger partial charge is 0.325 e. The first kappa shape index (κ1) is 11.9. The van der Waals surface area contributed by atoms with Gasteiger partial charge in [-0.05, 0) is 22.3 Å². The summed E-state index contributed by atoms with van der Waals surface area (Å²) in [6.45, 7) is 1.27. The van der Waals surface area contributed by atoms with Crippen LogP contribution in [-0.2, 0) is 9.53 Å². The number of carbonyl (C=O) groups is 1. The van der Waals surface area contributed by atoms with Gasteiger partial charge in [-0.25, -0.2) is 0 Å². The topological polar surface area (TPSA) is 52.3 Å². The van der Waals surface area contributed by atoms with Gasteiger partial charge in [0, 0.05) is 5.92 Å². The van der Waals surface area contributed by atoms with E-state index < -0.39 is 5.97 Å². The lowest BCUT2D eigenvalue weighted by Gasteiger charge is -2.13. The Morgan fingerprint density at radius 3 is 2.11 bits per heavy atom. The molecule has 0 unspecified atom stereocenters. The first-order chi connectivity index (χ1) is 9.31. The Labute approximate surface area is 112 Å². The molecule has 3 nitrogen and oxygen atoms in total. The molecule has 95 valence electrons. The van der Waals surface area contributed by atoms with Gasteiger partial charge in [-0.3, -0.25) is 4.79 Å². The highest BCUT2D eigenvalue weighted by atomic mass is 16.5. The van der Waals surface area contributed by atoms with Crippen LogP contribution in [0.5, 0.6) is 0 Å². The van der Waals surface area contributed by atoms with Crippen LogP contribution in [0.4, 0.5) is 0 Å². The molecule has 0 amide bonds. The number of benzene rings is 2. The Bertz CT molecular complexity index is 576. The van der Waals surface area contributed by atoms with Crippen molar-refractivity contribution in [3.05, 3.63) is 66.2 Å². The van der Waals surface area contributed by atoms with Crippen molar-refractivity contribution in [2.45, 2.75) is 5.92 Å². The third kappa shape index (κ3) is 2.02. The van der Waals surface area contributed by atoms with Crippen LogP contribution in [0, 0.1) is 6.54 Å². The maximum Gasteiger partial charge on any atom is 0.325 e. The Morgan fingerprint density at radius 2 is 1.58 bits per heavy atom. The van der Waals surface area contributed by atoms with Gasteiger partial charge in [-0.2, -0.15) is 0 Å². The zero-order valence-corrected chi connectivity index (χ0v) is 10.4. The molecule has 3 heteroatoms. The maximum atomic E-state index is 11.2. The van der Waals surface area contributed by atoms with Gasteiger partial charge in [-0.15, -0.1) is 0 Å². The molecule has 2 aromatic carbocycles. The molecular formula is C16H14NO2. The molecule has 2 aromatic rings. The van der Waals surface area contributed by atoms with Crippen LogP contribution in [0.2, 0.25) is 0 Å². The number of ether oxygens (including phenoxy) is 1. The van der Waals surface area contributed by atoms with Crippen molar-refractivity contribution in [3.8, 4) is 11.1 Å². The average molecular weight is 252 g/mol. The fraction of sp³-hybridized carbons (Fsp3) is 0.125. The molecule has 0 fully saturated rings. The number of hydrogen-bond donors (Lipinski definition) is 1. The number of esters is 1. The van der Waals surface area contributed by atoms with E-state index in [-0.39, 0.29) is 5.92 Å². The van der Waals surface area contributed by atoms with Crippen LogP contribution in [0.25, 0.3) is 11.1 Å². The summed E-state index contributed by atoms with van der Waals surface area (Å²) >= 11 is 0. The number of rotatable bonds is 3. The summed E-state index contributed by atoms with van der Waals surface area (Å²) in [5.41, 5.74) is 9.99. The number of fused-ring (bicyclic) bond motifs is 3. The molecule has 0 saturated heterocycles. The van der Waals surface area contributed by atoms with Gasteiger partial charge >= 0.3 is 5.97 Å². The van der Waals surface area contributed by atoms with E-state index in [1.54, 1.807) is 0 Å². The number of nitrogens with two attached hydrogens (primary N) is 1. The van der Waals surface area contributed by atoms with Gasteiger partial charge in [0.25, 0.3) is 0 Å². The highest BCUT2D eigenvalue weighted by molar-refractivity contribution is 5.80. The van der Waals surface area contributed by atoms with E-state index in [2.05, 4.69) is 24.3 Å². The highest BCUT2D eigenvalue weighted by Gasteiger charge is 2.28. The van der Waals surface area contributed by atoms with Gasteiger partial charge in [0.2, 0.25) is 0 Å². The summed E-state index contributed by atoms with van der Waals surface area (Å²) in [6, 6.07) is 16.4. The van der Waals surface area contributed by atoms with Crippen LogP contribution in [0.15, 0.2) is 48.5 Å². The third-order valence-corrected chi connectivity index (χ3v) is 3.49. The molecule has 0 spiro atoms. The van der Waals surface area contributed by atoms with Gasteiger partial charge in [0.1, 0.15) is 13.2 Å². The summed E-state index contributed by atoms with van der Waals surface area (Å²) < 4.78 is 5.17. The Kier molecular flexibility index (Phi) is 3.05. The molecule has 19 heavy (non-hydrogen) atoms. The second-order valence-corrected chi connectivity index (χ2v) is 4.52. The van der Waals surface area contributed by atoms with Crippen LogP contribution in [0.3, 0.4) is 0 Å². The summed E-state index contributed by atoms with van der Waals surface area (Å²) in [7, 11) is 0. The van der Waals surface area contributed by atoms with Crippen LogP contribution in [0.1, 0.15) is 17.0 Å². The molecule has 0 aromatic heterocycles. The van der Waals surface area contributed by atoms with Gasteiger partial charge < -0.3 is 10.5 Å². The fourth-order valence-electron chi connectivity index (χ4n) is 2.65. The molecule has 0 atom stereocenters. The molecule has 1 aliphatic rings. The van der Waals surface area contributed by atoms with E-state index in [1.165, 1.54) is 22.3 Å². The molecular weight excluding hydrogens is 238 g/mol. The zero-order valence-electron chi connectivity index (χ0n) is 10.4. The van der Waals surface area contributed by atoms with Gasteiger partial charge in [-0.1, -0.05) is 48.5 Å². The molecule has 0 bridgehead atoms. The van der Waals surface area contributed by atoms with Crippen molar-refractivity contribution in [2.24, 2.45) is 5.73 Å². The highest BCUT2D eigenvalue weighted by Crippen LogP contribution is 2.44. The van der Waals surface area contributed by atoms with E-state index in [0.29, 0.717) is 6.61 Å². The summed E-state index contributed by atoms with van der Waals surface area (Å²) in [5, 5.41) is 0. The van der Waals surface area contributed by atoms with Crippen molar-refractivity contribution in [3.63, 3.8) is 0 Å². The molecule has 2 N–H and O–H groups in total. The van der Waals surface area contributed by atoms with E-state index in [0.717, 1.165) is 6.54 Å². The minimum absolute atomic E-state index is 0.0938. The maximum absolute atomic E-state index is 11.2. The second kappa shape index (κ2) is 4.86. The molecule has 1 radical (unpaired) electrons. The first-order valence-corrected chi connectivity index (χ1v) is 6.21.